The van der Waals surface area contributed by atoms with Gasteiger partial charge in [-0.15, -0.1) is 0 Å². The maximum Gasteiger partial charge on any atom is 0.270 e. The number of carbonyl (C=O) groups excluding carboxylic acids is 1. The van der Waals surface area contributed by atoms with Crippen LogP contribution >= 0.6 is 0 Å². The zero-order valence-corrected chi connectivity index (χ0v) is 22.1. The molecule has 1 aromatic heterocycles. The Morgan fingerprint density at radius 1 is 1.03 bits per heavy atom. The van der Waals surface area contributed by atoms with E-state index >= 15 is 0 Å². The molecule has 0 aliphatic rings. The van der Waals surface area contributed by atoms with Crippen LogP contribution in [-0.2, 0) is 23.3 Å². The molecule has 37 heavy (non-hydrogen) atoms. The normalized spacial score (nSPS) is 11.3. The molecule has 190 valence electrons. The molecule has 1 heterocycles. The van der Waals surface area contributed by atoms with Gasteiger partial charge in [-0.25, -0.2) is 9.13 Å². The van der Waals surface area contributed by atoms with Crippen LogP contribution in [0, 0.1) is 17.0 Å². The second-order valence-electron chi connectivity index (χ2n) is 8.70. The zero-order chi connectivity index (χ0) is 25.5. The molecule has 1 amide bonds. The Morgan fingerprint density at radius 3 is 2.22 bits per heavy atom. The number of allylic oxidation sites excluding steroid dienone is 1. The van der Waals surface area contributed by atoms with Crippen molar-refractivity contribution in [3.05, 3.63) is 136 Å². The molecule has 0 aliphatic carbocycles. The molecule has 2 N–H and O–H groups in total. The number of aromatic nitrogens is 2. The molecule has 7 nitrogen and oxygen atoms in total. The topological polar surface area (TPSA) is 95.0 Å². The number of nitro groups is 1. The van der Waals surface area contributed by atoms with Gasteiger partial charge in [-0.3, -0.25) is 14.9 Å². The molecule has 0 fully saturated rings. The average molecular weight is 561 g/mol. The van der Waals surface area contributed by atoms with Crippen molar-refractivity contribution in [1.29, 1.82) is 0 Å². The molecule has 0 saturated carbocycles. The number of halogens is 1. The Hall–Kier alpha value is -4.04. The van der Waals surface area contributed by atoms with Crippen molar-refractivity contribution < 1.29 is 31.3 Å². The molecule has 0 saturated heterocycles. The number of nitrogens with zero attached hydrogens (tertiary/aromatic N) is 3. The summed E-state index contributed by atoms with van der Waals surface area (Å²) in [6.07, 6.45) is 8.34. The van der Waals surface area contributed by atoms with Crippen LogP contribution in [0.2, 0.25) is 0 Å². The van der Waals surface area contributed by atoms with E-state index in [9.17, 15) is 14.9 Å². The lowest BCUT2D eigenvalue weighted by atomic mass is 9.71. The predicted octanol–water partition coefficient (Wildman–Crippen LogP) is 1.57. The van der Waals surface area contributed by atoms with Crippen LogP contribution < -0.4 is 27.3 Å². The van der Waals surface area contributed by atoms with Gasteiger partial charge in [-0.05, 0) is 22.8 Å². The first-order chi connectivity index (χ1) is 17.4. The van der Waals surface area contributed by atoms with E-state index in [0.29, 0.717) is 19.5 Å². The molecular formula is C29H29BrN4O3. The molecule has 0 atom stereocenters. The monoisotopic (exact) mass is 560 g/mol. The van der Waals surface area contributed by atoms with E-state index in [2.05, 4.69) is 9.13 Å². The third-order valence-corrected chi connectivity index (χ3v) is 6.63. The number of non-ortho nitro benzene ring substituents is 1. The van der Waals surface area contributed by atoms with E-state index in [0.717, 1.165) is 22.5 Å². The number of benzene rings is 3. The SMILES string of the molecule is Cc1n(CCC(C(N)=O)(c2ccccc2)c2ccccc2)cc[n+]1C/C=C/c1cccc([N+](=O)[O-])c1.[Br-]. The maximum absolute atomic E-state index is 13.0. The van der Waals surface area contributed by atoms with Gasteiger partial charge in [-0.2, -0.15) is 0 Å². The third kappa shape index (κ3) is 6.03. The van der Waals surface area contributed by atoms with Crippen molar-refractivity contribution >= 4 is 17.7 Å². The summed E-state index contributed by atoms with van der Waals surface area (Å²) < 4.78 is 4.20. The van der Waals surface area contributed by atoms with Crippen molar-refractivity contribution in [1.82, 2.24) is 4.57 Å². The number of nitrogens with two attached hydrogens (primary N) is 1. The van der Waals surface area contributed by atoms with Crippen molar-refractivity contribution in [2.75, 3.05) is 0 Å². The Kier molecular flexibility index (Phi) is 9.14. The number of hydrogen-bond donors (Lipinski definition) is 1. The van der Waals surface area contributed by atoms with Crippen LogP contribution in [0.15, 0.2) is 103 Å². The van der Waals surface area contributed by atoms with Crippen molar-refractivity contribution in [3.8, 4) is 0 Å². The van der Waals surface area contributed by atoms with Gasteiger partial charge >= 0.3 is 0 Å². The van der Waals surface area contributed by atoms with E-state index in [1.165, 1.54) is 6.07 Å². The van der Waals surface area contributed by atoms with Gasteiger partial charge in [0.2, 0.25) is 5.91 Å². The zero-order valence-electron chi connectivity index (χ0n) is 20.5. The first-order valence-corrected chi connectivity index (χ1v) is 11.8. The number of hydrogen-bond acceptors (Lipinski definition) is 3. The van der Waals surface area contributed by atoms with Crippen LogP contribution in [0.25, 0.3) is 6.08 Å². The predicted molar refractivity (Wildman–Crippen MR) is 139 cm³/mol. The highest BCUT2D eigenvalue weighted by Crippen LogP contribution is 2.36. The summed E-state index contributed by atoms with van der Waals surface area (Å²) in [4.78, 5) is 23.6. The Morgan fingerprint density at radius 2 is 1.65 bits per heavy atom. The minimum absolute atomic E-state index is 0. The van der Waals surface area contributed by atoms with Gasteiger partial charge in [0.05, 0.1) is 11.5 Å². The van der Waals surface area contributed by atoms with Gasteiger partial charge in [0, 0.05) is 25.5 Å². The lowest BCUT2D eigenvalue weighted by Crippen LogP contribution is -3.00. The number of primary amides is 1. The number of carbonyl (C=O) groups is 1. The van der Waals surface area contributed by atoms with Crippen molar-refractivity contribution in [2.24, 2.45) is 5.73 Å². The van der Waals surface area contributed by atoms with E-state index in [1.54, 1.807) is 12.1 Å². The fraction of sp³-hybridized carbons (Fsp3) is 0.172. The summed E-state index contributed by atoms with van der Waals surface area (Å²) in [6, 6.07) is 26.0. The standard InChI is InChI=1S/C29H28N4O3.BrH/c1-23-31(18-9-11-24-10-8-16-27(22-24)33(35)36)20-21-32(23)19-17-29(28(30)34,25-12-4-2-5-13-25)26-14-6-3-7-15-26;/h2-16,20-22H,17-19H2,1H3,(H-,30,34);1H/b11-9+;. The summed E-state index contributed by atoms with van der Waals surface area (Å²) in [5.74, 6) is 0.649. The average Bonchev–Trinajstić information content (AvgIpc) is 3.25. The molecule has 0 aliphatic heterocycles. The second-order valence-corrected chi connectivity index (χ2v) is 8.70. The highest BCUT2D eigenvalue weighted by Gasteiger charge is 2.40. The van der Waals surface area contributed by atoms with Crippen LogP contribution in [0.1, 0.15) is 28.9 Å². The van der Waals surface area contributed by atoms with Gasteiger partial charge in [0.1, 0.15) is 24.4 Å². The molecular weight excluding hydrogens is 532 g/mol. The fourth-order valence-electron chi connectivity index (χ4n) is 4.61. The van der Waals surface area contributed by atoms with E-state index in [1.807, 2.05) is 98.2 Å². The van der Waals surface area contributed by atoms with Gasteiger partial charge in [0.25, 0.3) is 11.5 Å². The quantitative estimate of drug-likeness (QED) is 0.181. The van der Waals surface area contributed by atoms with Gasteiger partial charge in [0.15, 0.2) is 0 Å². The molecule has 3 aromatic carbocycles. The van der Waals surface area contributed by atoms with Crippen LogP contribution in [0.4, 0.5) is 5.69 Å². The summed E-state index contributed by atoms with van der Waals surface area (Å²) in [7, 11) is 0. The molecule has 4 aromatic rings. The first-order valence-electron chi connectivity index (χ1n) is 11.8. The summed E-state index contributed by atoms with van der Waals surface area (Å²) in [5.41, 5.74) is 7.74. The minimum Gasteiger partial charge on any atom is -1.00 e. The summed E-state index contributed by atoms with van der Waals surface area (Å²) in [5, 5.41) is 11.0. The Labute approximate surface area is 226 Å². The number of imidazole rings is 1. The van der Waals surface area contributed by atoms with E-state index in [-0.39, 0.29) is 28.6 Å². The number of rotatable bonds is 10. The van der Waals surface area contributed by atoms with Gasteiger partial charge in [-0.1, -0.05) is 78.9 Å². The van der Waals surface area contributed by atoms with E-state index < -0.39 is 10.3 Å². The third-order valence-electron chi connectivity index (χ3n) is 6.63. The largest absolute Gasteiger partial charge is 1.00 e. The molecule has 0 spiro atoms. The fourth-order valence-corrected chi connectivity index (χ4v) is 4.61. The summed E-state index contributed by atoms with van der Waals surface area (Å²) >= 11 is 0. The molecule has 4 rings (SSSR count). The maximum atomic E-state index is 13.0. The smallest absolute Gasteiger partial charge is 0.270 e. The molecule has 0 bridgehead atoms. The highest BCUT2D eigenvalue weighted by molar-refractivity contribution is 5.90. The Bertz CT molecular complexity index is 1350. The first kappa shape index (κ1) is 27.5. The van der Waals surface area contributed by atoms with Crippen LogP contribution in [-0.4, -0.2) is 15.4 Å². The number of aryl methyl sites for hydroxylation is 1. The van der Waals surface area contributed by atoms with Crippen molar-refractivity contribution in [2.45, 2.75) is 31.8 Å². The molecule has 0 unspecified atom stereocenters. The summed E-state index contributed by atoms with van der Waals surface area (Å²) in [6.45, 7) is 3.23. The number of nitro benzene ring substituents is 1. The lowest BCUT2D eigenvalue weighted by molar-refractivity contribution is -0.692. The minimum atomic E-state index is -0.952. The van der Waals surface area contributed by atoms with Crippen LogP contribution in [0.5, 0.6) is 0 Å². The number of amides is 1. The van der Waals surface area contributed by atoms with Crippen molar-refractivity contribution in [3.63, 3.8) is 0 Å². The van der Waals surface area contributed by atoms with E-state index in [4.69, 9.17) is 5.73 Å². The molecule has 0 radical (unpaired) electrons. The molecule has 8 heteroatoms. The second kappa shape index (κ2) is 12.3. The van der Waals surface area contributed by atoms with Gasteiger partial charge < -0.3 is 22.7 Å². The van der Waals surface area contributed by atoms with Crippen LogP contribution in [0.3, 0.4) is 0 Å². The highest BCUT2D eigenvalue weighted by atomic mass is 79.9. The Balaban J connectivity index is 0.00000380. The lowest BCUT2D eigenvalue weighted by Gasteiger charge is -2.31.